The smallest absolute Gasteiger partial charge is 0.392 e. The van der Waals surface area contributed by atoms with Crippen molar-refractivity contribution in [3.05, 3.63) is 45.7 Å². The van der Waals surface area contributed by atoms with Gasteiger partial charge in [-0.15, -0.1) is 0 Å². The lowest BCUT2D eigenvalue weighted by Gasteiger charge is -2.29. The van der Waals surface area contributed by atoms with Gasteiger partial charge in [-0.1, -0.05) is 48.7 Å². The third kappa shape index (κ3) is 5.64. The van der Waals surface area contributed by atoms with Crippen LogP contribution in [0.3, 0.4) is 0 Å². The molecule has 6 rings (SSSR count). The number of aliphatic hydroxyl groups excluding tert-OH is 1. The van der Waals surface area contributed by atoms with Crippen LogP contribution in [0.4, 0.5) is 0 Å². The molecule has 4 heterocycles. The largest absolute Gasteiger partial charge is 0.439 e. The molecule has 0 bridgehead atoms. The Morgan fingerprint density at radius 3 is 2.64 bits per heavy atom. The fourth-order valence-corrected chi connectivity index (χ4v) is 6.12. The molecular weight excluding hydrogens is 520 g/mol. The third-order valence-corrected chi connectivity index (χ3v) is 8.45. The van der Waals surface area contributed by atoms with Gasteiger partial charge in [0.25, 0.3) is 0 Å². The van der Waals surface area contributed by atoms with Gasteiger partial charge in [-0.3, -0.25) is 9.51 Å². The van der Waals surface area contributed by atoms with Crippen LogP contribution in [0, 0.1) is 17.8 Å². The summed E-state index contributed by atoms with van der Waals surface area (Å²) in [4.78, 5) is 28.7. The Morgan fingerprint density at radius 1 is 1.13 bits per heavy atom. The first kappa shape index (κ1) is 26.2. The average Bonchev–Trinajstić information content (AvgIpc) is 3.53. The van der Waals surface area contributed by atoms with E-state index in [4.69, 9.17) is 35.8 Å². The standard InChI is InChI=1S/C28H33ClN6O4/c1-16-5-7-17(8-6-16)15-35-22(14-21(36)18-9-11-38-12-10-18)30-25-24(35)23(19-3-2-4-20(29)13-19)31-26(32-25)27-33-28(37)39-34-27/h2-4,13,16-18,21,36H,5-12,14-15H2,1H3,(H,33,34,37). The first-order valence-electron chi connectivity index (χ1n) is 13.8. The molecule has 1 aliphatic heterocycles. The Labute approximate surface area is 230 Å². The maximum absolute atomic E-state index is 11.7. The molecule has 1 saturated heterocycles. The Morgan fingerprint density at radius 2 is 1.92 bits per heavy atom. The number of hydrogen-bond acceptors (Lipinski definition) is 8. The summed E-state index contributed by atoms with van der Waals surface area (Å²) in [5.41, 5.74) is 2.72. The van der Waals surface area contributed by atoms with Crippen molar-refractivity contribution in [2.75, 3.05) is 13.2 Å². The van der Waals surface area contributed by atoms with Gasteiger partial charge >= 0.3 is 5.76 Å². The maximum Gasteiger partial charge on any atom is 0.439 e. The zero-order chi connectivity index (χ0) is 26.9. The highest BCUT2D eigenvalue weighted by atomic mass is 35.5. The van der Waals surface area contributed by atoms with E-state index in [0.29, 0.717) is 41.9 Å². The van der Waals surface area contributed by atoms with Gasteiger partial charge < -0.3 is 14.4 Å². The minimum Gasteiger partial charge on any atom is -0.392 e. The summed E-state index contributed by atoms with van der Waals surface area (Å²) in [5.74, 6) is 1.84. The van der Waals surface area contributed by atoms with Crippen LogP contribution >= 0.6 is 11.6 Å². The molecule has 0 amide bonds. The second kappa shape index (κ2) is 11.2. The molecule has 2 N–H and O–H groups in total. The molecule has 11 heteroatoms. The van der Waals surface area contributed by atoms with Crippen molar-refractivity contribution in [3.8, 4) is 22.9 Å². The molecule has 1 aromatic carbocycles. The molecule has 2 aliphatic rings. The molecule has 1 saturated carbocycles. The van der Waals surface area contributed by atoms with E-state index in [9.17, 15) is 9.90 Å². The summed E-state index contributed by atoms with van der Waals surface area (Å²) in [7, 11) is 0. The quantitative estimate of drug-likeness (QED) is 0.339. The number of benzene rings is 1. The topological polar surface area (TPSA) is 132 Å². The predicted molar refractivity (Wildman–Crippen MR) is 146 cm³/mol. The van der Waals surface area contributed by atoms with Gasteiger partial charge in [-0.2, -0.15) is 0 Å². The van der Waals surface area contributed by atoms with Crippen molar-refractivity contribution in [1.29, 1.82) is 0 Å². The van der Waals surface area contributed by atoms with Crippen molar-refractivity contribution < 1.29 is 14.4 Å². The van der Waals surface area contributed by atoms with Crippen LogP contribution in [0.25, 0.3) is 34.1 Å². The Kier molecular flexibility index (Phi) is 7.51. The van der Waals surface area contributed by atoms with E-state index in [-0.39, 0.29) is 17.6 Å². The number of halogens is 1. The van der Waals surface area contributed by atoms with Crippen LogP contribution in [0.15, 0.2) is 33.6 Å². The number of aliphatic hydroxyl groups is 1. The van der Waals surface area contributed by atoms with Gasteiger partial charge in [-0.25, -0.2) is 19.7 Å². The number of imidazole rings is 1. The van der Waals surface area contributed by atoms with Crippen LogP contribution in [0.2, 0.25) is 5.02 Å². The van der Waals surface area contributed by atoms with Crippen LogP contribution < -0.4 is 5.76 Å². The average molecular weight is 553 g/mol. The van der Waals surface area contributed by atoms with Crippen molar-refractivity contribution >= 4 is 22.8 Å². The van der Waals surface area contributed by atoms with Crippen molar-refractivity contribution in [3.63, 3.8) is 0 Å². The van der Waals surface area contributed by atoms with E-state index in [1.807, 2.05) is 24.3 Å². The second-order valence-corrected chi connectivity index (χ2v) is 11.4. The molecule has 2 fully saturated rings. The van der Waals surface area contributed by atoms with Gasteiger partial charge in [0.2, 0.25) is 11.6 Å². The molecule has 0 spiro atoms. The van der Waals surface area contributed by atoms with Crippen LogP contribution in [-0.2, 0) is 17.7 Å². The molecule has 3 aromatic heterocycles. The number of H-pyrrole nitrogens is 1. The molecule has 1 unspecified atom stereocenters. The molecule has 10 nitrogen and oxygen atoms in total. The van der Waals surface area contributed by atoms with Crippen LogP contribution in [0.5, 0.6) is 0 Å². The molecule has 39 heavy (non-hydrogen) atoms. The maximum atomic E-state index is 11.7. The van der Waals surface area contributed by atoms with Gasteiger partial charge in [0.15, 0.2) is 5.65 Å². The second-order valence-electron chi connectivity index (χ2n) is 11.0. The number of aromatic amines is 1. The molecule has 4 aromatic rings. The molecular formula is C28H33ClN6O4. The number of nitrogens with one attached hydrogen (secondary N) is 1. The lowest BCUT2D eigenvalue weighted by molar-refractivity contribution is 0.00737. The van der Waals surface area contributed by atoms with Crippen molar-refractivity contribution in [2.45, 2.75) is 64.5 Å². The van der Waals surface area contributed by atoms with E-state index in [1.165, 1.54) is 12.8 Å². The lowest BCUT2D eigenvalue weighted by Crippen LogP contribution is -2.30. The van der Waals surface area contributed by atoms with E-state index >= 15 is 0 Å². The zero-order valence-corrected chi connectivity index (χ0v) is 22.7. The summed E-state index contributed by atoms with van der Waals surface area (Å²) in [5, 5.41) is 15.6. The number of aromatic nitrogens is 6. The fourth-order valence-electron chi connectivity index (χ4n) is 5.93. The summed E-state index contributed by atoms with van der Waals surface area (Å²) in [6, 6.07) is 7.49. The van der Waals surface area contributed by atoms with Crippen molar-refractivity contribution in [1.82, 2.24) is 29.7 Å². The van der Waals surface area contributed by atoms with E-state index < -0.39 is 11.9 Å². The lowest BCUT2D eigenvalue weighted by atomic mass is 9.83. The van der Waals surface area contributed by atoms with Crippen molar-refractivity contribution in [2.24, 2.45) is 17.8 Å². The minimum absolute atomic E-state index is 0.129. The molecule has 1 aliphatic carbocycles. The highest BCUT2D eigenvalue weighted by Crippen LogP contribution is 2.35. The molecule has 206 valence electrons. The van der Waals surface area contributed by atoms with Gasteiger partial charge in [0.1, 0.15) is 17.0 Å². The van der Waals surface area contributed by atoms with Gasteiger partial charge in [0, 0.05) is 36.8 Å². The number of fused-ring (bicyclic) bond motifs is 1. The first-order valence-corrected chi connectivity index (χ1v) is 14.2. The highest BCUT2D eigenvalue weighted by molar-refractivity contribution is 6.30. The monoisotopic (exact) mass is 552 g/mol. The SMILES string of the molecule is CC1CCC(Cn2c(CC(O)C3CCOCC3)nc3nc(-c4noc(=O)[nH]4)nc(-c4cccc(Cl)c4)c32)CC1. The van der Waals surface area contributed by atoms with E-state index in [2.05, 4.69) is 21.6 Å². The number of hydrogen-bond donors (Lipinski definition) is 2. The molecule has 1 atom stereocenters. The van der Waals surface area contributed by atoms with Gasteiger partial charge in [0.05, 0.1) is 6.10 Å². The Balaban J connectivity index is 1.50. The van der Waals surface area contributed by atoms with Crippen LogP contribution in [0.1, 0.15) is 51.3 Å². The number of rotatable bonds is 7. The van der Waals surface area contributed by atoms with E-state index in [0.717, 1.165) is 55.1 Å². The predicted octanol–water partition coefficient (Wildman–Crippen LogP) is 4.65. The Bertz CT molecular complexity index is 1500. The normalized spacial score (nSPS) is 21.4. The number of nitrogens with zero attached hydrogens (tertiary/aromatic N) is 5. The zero-order valence-electron chi connectivity index (χ0n) is 22.0. The third-order valence-electron chi connectivity index (χ3n) is 8.21. The summed E-state index contributed by atoms with van der Waals surface area (Å²) in [6.45, 7) is 4.43. The Hall–Kier alpha value is -3.08. The minimum atomic E-state index is -0.685. The van der Waals surface area contributed by atoms with Crippen LogP contribution in [-0.4, -0.2) is 54.1 Å². The summed E-state index contributed by atoms with van der Waals surface area (Å²) >= 11 is 6.39. The van der Waals surface area contributed by atoms with E-state index in [1.54, 1.807) is 0 Å². The highest BCUT2D eigenvalue weighted by Gasteiger charge is 2.29. The molecule has 0 radical (unpaired) electrons. The summed E-state index contributed by atoms with van der Waals surface area (Å²) < 4.78 is 12.4. The number of ether oxygens (including phenoxy) is 1. The fraction of sp³-hybridized carbons (Fsp3) is 0.536. The van der Waals surface area contributed by atoms with Gasteiger partial charge in [-0.05, 0) is 55.6 Å². The summed E-state index contributed by atoms with van der Waals surface area (Å²) in [6.07, 6.45) is 6.25. The first-order chi connectivity index (χ1) is 18.9.